The Bertz CT molecular complexity index is 736. The molecule has 3 heterocycles. The molecule has 0 radical (unpaired) electrons. The second-order valence-electron chi connectivity index (χ2n) is 5.10. The van der Waals surface area contributed by atoms with Crippen molar-refractivity contribution >= 4 is 0 Å². The molecule has 0 aliphatic rings. The molecule has 0 atom stereocenters. The van der Waals surface area contributed by atoms with Gasteiger partial charge in [-0.3, -0.25) is 0 Å². The van der Waals surface area contributed by atoms with E-state index in [1.165, 1.54) is 18.6 Å². The van der Waals surface area contributed by atoms with E-state index in [1.807, 2.05) is 0 Å². The third-order valence-corrected chi connectivity index (χ3v) is 2.94. The first-order valence-corrected chi connectivity index (χ1v) is 7.34. The Hall–Kier alpha value is -3.44. The zero-order valence-electron chi connectivity index (χ0n) is 15.1. The normalized spacial score (nSPS) is 9.11. The van der Waals surface area contributed by atoms with Gasteiger partial charge in [-0.2, -0.15) is 0 Å². The Morgan fingerprint density at radius 1 is 0.571 bits per heavy atom. The molecule has 3 aromatic heterocycles. The number of rotatable bonds is 0. The molecule has 3 rings (SSSR count). The van der Waals surface area contributed by atoms with Crippen molar-refractivity contribution in [3.63, 3.8) is 0 Å². The second kappa shape index (κ2) is 11.3. The first-order valence-electron chi connectivity index (χ1n) is 7.34. The summed E-state index contributed by atoms with van der Waals surface area (Å²) in [6, 6.07) is 0. The molecule has 12 nitrogen and oxygen atoms in total. The van der Waals surface area contributed by atoms with Crippen LogP contribution < -0.4 is 14.2 Å². The van der Waals surface area contributed by atoms with E-state index in [0.717, 1.165) is 18.6 Å². The van der Waals surface area contributed by atoms with Crippen molar-refractivity contribution in [2.75, 3.05) is 0 Å². The van der Waals surface area contributed by atoms with E-state index in [-0.39, 0.29) is 34.7 Å². The van der Waals surface area contributed by atoms with Crippen LogP contribution in [-0.2, 0) is 17.1 Å². The molecule has 3 aromatic rings. The average Bonchev–Trinajstić information content (AvgIpc) is 2.63. The minimum atomic E-state index is -0.366. The van der Waals surface area contributed by atoms with Gasteiger partial charge in [-0.15, -0.1) is 14.2 Å². The Balaban J connectivity index is 0.000000384. The van der Waals surface area contributed by atoms with Gasteiger partial charge in [-0.05, 0) is 0 Å². The van der Waals surface area contributed by atoms with E-state index < -0.39 is 0 Å². The van der Waals surface area contributed by atoms with E-state index in [2.05, 4.69) is 15.0 Å². The number of hydrogen-bond acceptors (Lipinski definition) is 9. The smallest absolute Gasteiger partial charge is 0.396 e. The van der Waals surface area contributed by atoms with E-state index in [4.69, 9.17) is 15.3 Å². The van der Waals surface area contributed by atoms with Gasteiger partial charge in [0.05, 0.1) is 18.6 Å². The zero-order chi connectivity index (χ0) is 20.6. The molecule has 28 heavy (non-hydrogen) atoms. The fraction of sp³-hybridized carbons (Fsp3) is 0.200. The monoisotopic (exact) mass is 434 g/mol. The van der Waals surface area contributed by atoms with Crippen LogP contribution in [-0.4, -0.2) is 30.3 Å². The molecular weight excluding hydrogens is 416 g/mol. The second-order valence-corrected chi connectivity index (χ2v) is 5.10. The molecule has 3 N–H and O–H groups in total. The fourth-order valence-corrected chi connectivity index (χ4v) is 1.49. The van der Waals surface area contributed by atoms with Crippen molar-refractivity contribution in [2.45, 2.75) is 20.8 Å². The Kier molecular flexibility index (Phi) is 9.92. The van der Waals surface area contributed by atoms with Gasteiger partial charge in [0.2, 0.25) is 17.1 Å². The van der Waals surface area contributed by atoms with Crippen molar-refractivity contribution in [1.82, 2.24) is 15.0 Å². The third-order valence-electron chi connectivity index (χ3n) is 2.94. The predicted molar refractivity (Wildman–Crippen MR) is 88.8 cm³/mol. The topological polar surface area (TPSA) is 180 Å². The van der Waals surface area contributed by atoms with Gasteiger partial charge in [0, 0.05) is 37.8 Å². The van der Waals surface area contributed by atoms with E-state index in [9.17, 15) is 15.6 Å². The van der Waals surface area contributed by atoms with Gasteiger partial charge in [-0.1, -0.05) is 0 Å². The summed E-state index contributed by atoms with van der Waals surface area (Å²) in [5, 5.41) is 57.8. The fourth-order valence-electron chi connectivity index (χ4n) is 1.49. The van der Waals surface area contributed by atoms with Crippen LogP contribution in [0.2, 0.25) is 0 Å². The molecule has 0 aromatic carbocycles. The van der Waals surface area contributed by atoms with Gasteiger partial charge in [0.25, 0.3) is 0 Å². The number of aryl methyl sites for hydroxylation is 3. The van der Waals surface area contributed by atoms with Crippen LogP contribution in [0.5, 0.6) is 17.6 Å². The Labute approximate surface area is 170 Å². The Morgan fingerprint density at radius 2 is 0.786 bits per heavy atom. The summed E-state index contributed by atoms with van der Waals surface area (Å²) in [4.78, 5) is 10.7. The van der Waals surface area contributed by atoms with Crippen molar-refractivity contribution in [3.8, 4) is 17.6 Å². The molecule has 0 amide bonds. The van der Waals surface area contributed by atoms with Crippen molar-refractivity contribution in [3.05, 3.63) is 69.9 Å². The van der Waals surface area contributed by atoms with Crippen LogP contribution in [0, 0.1) is 36.4 Å². The largest absolute Gasteiger partial charge is 0.616 e. The van der Waals surface area contributed by atoms with Crippen LogP contribution in [0.3, 0.4) is 0 Å². The van der Waals surface area contributed by atoms with Gasteiger partial charge in [-0.25, -0.2) is 15.0 Å². The predicted octanol–water partition coefficient (Wildman–Crippen LogP) is -0.815. The quantitative estimate of drug-likeness (QED) is 0.232. The summed E-state index contributed by atoms with van der Waals surface area (Å²) in [6.45, 7) is 4.71. The molecule has 13 heteroatoms. The maximum Gasteiger partial charge on any atom is 0.396 e. The van der Waals surface area contributed by atoms with Gasteiger partial charge < -0.3 is 30.9 Å². The maximum atomic E-state index is 10.6. The zero-order valence-corrected chi connectivity index (χ0v) is 16.2. The third kappa shape index (κ3) is 7.05. The first-order chi connectivity index (χ1) is 12.6. The molecule has 0 saturated carbocycles. The minimum absolute atomic E-state index is 0. The maximum absolute atomic E-state index is 10.6. The summed E-state index contributed by atoms with van der Waals surface area (Å²) >= 11 is 0. The van der Waals surface area contributed by atoms with E-state index in [1.54, 1.807) is 20.8 Å². The van der Waals surface area contributed by atoms with Crippen LogP contribution in [0.15, 0.2) is 37.2 Å². The van der Waals surface area contributed by atoms with Crippen LogP contribution in [0.25, 0.3) is 0 Å². The van der Waals surface area contributed by atoms with Gasteiger partial charge in [0.1, 0.15) is 18.6 Å². The van der Waals surface area contributed by atoms with E-state index >= 15 is 0 Å². The van der Waals surface area contributed by atoms with Crippen molar-refractivity contribution in [2.24, 2.45) is 0 Å². The molecule has 0 unspecified atom stereocenters. The number of hydrogen-bond donors (Lipinski definition) is 3. The first kappa shape index (κ1) is 24.6. The van der Waals surface area contributed by atoms with Crippen molar-refractivity contribution in [1.29, 1.82) is 0 Å². The molecular formula is C15H18FeN6O6. The summed E-state index contributed by atoms with van der Waals surface area (Å²) in [5.41, 5.74) is 1.15. The molecule has 152 valence electrons. The van der Waals surface area contributed by atoms with E-state index in [0.29, 0.717) is 31.3 Å². The minimum Gasteiger partial charge on any atom is -0.616 e. The van der Waals surface area contributed by atoms with Gasteiger partial charge in [0.15, 0.2) is 0 Å². The number of nitrogens with zero attached hydrogens (tertiary/aromatic N) is 6. The average molecular weight is 434 g/mol. The summed E-state index contributed by atoms with van der Waals surface area (Å²) < 4.78 is 1.23. The number of aromatic nitrogens is 6. The molecule has 0 bridgehead atoms. The molecule has 0 saturated heterocycles. The van der Waals surface area contributed by atoms with Crippen LogP contribution in [0.4, 0.5) is 0 Å². The summed E-state index contributed by atoms with van der Waals surface area (Å²) in [7, 11) is 0. The Morgan fingerprint density at radius 3 is 0.929 bits per heavy atom. The van der Waals surface area contributed by atoms with Crippen LogP contribution in [0.1, 0.15) is 17.1 Å². The van der Waals surface area contributed by atoms with Crippen LogP contribution >= 0.6 is 0 Å². The molecule has 0 fully saturated rings. The molecule has 0 aliphatic carbocycles. The van der Waals surface area contributed by atoms with Crippen molar-refractivity contribution < 1.29 is 46.6 Å². The number of aromatic hydroxyl groups is 3. The standard InChI is InChI=1S/3C5H6N2O2.Fe/c3*1-4-2-6-3-5(8)7(4)9;/h3*2-3,8H,1H3;. The summed E-state index contributed by atoms with van der Waals surface area (Å²) in [5.74, 6) is -1.10. The van der Waals surface area contributed by atoms with Gasteiger partial charge >= 0.3 is 17.6 Å². The molecule has 0 aliphatic heterocycles. The molecule has 0 spiro atoms. The SMILES string of the molecule is Cc1cncc(O)[n+]1[O-].Cc1cncc(O)[n+]1[O-].Cc1cncc(O)[n+]1[O-].[Fe]. The summed E-state index contributed by atoms with van der Waals surface area (Å²) in [6.07, 6.45) is 7.44.